The second-order valence-electron chi connectivity index (χ2n) is 6.11. The van der Waals surface area contributed by atoms with Crippen molar-refractivity contribution < 1.29 is 4.79 Å². The number of amides is 1. The Morgan fingerprint density at radius 1 is 1.16 bits per heavy atom. The minimum atomic E-state index is 0.000606. The van der Waals surface area contributed by atoms with E-state index in [0.717, 1.165) is 17.5 Å². The third-order valence-electron chi connectivity index (χ3n) is 4.33. The number of carbonyl (C=O) groups is 1. The summed E-state index contributed by atoms with van der Waals surface area (Å²) in [6, 6.07) is 15.9. The summed E-state index contributed by atoms with van der Waals surface area (Å²) in [5.74, 6) is 0.000606. The van der Waals surface area contributed by atoms with E-state index in [9.17, 15) is 4.79 Å². The van der Waals surface area contributed by atoms with Crippen molar-refractivity contribution in [1.29, 1.82) is 0 Å². The van der Waals surface area contributed by atoms with Crippen molar-refractivity contribution in [3.8, 4) is 0 Å². The predicted octanol–water partition coefficient (Wildman–Crippen LogP) is 3.83. The molecule has 1 aromatic heterocycles. The van der Waals surface area contributed by atoms with Crippen LogP contribution in [0.2, 0.25) is 5.02 Å². The van der Waals surface area contributed by atoms with E-state index in [4.69, 9.17) is 11.6 Å². The van der Waals surface area contributed by atoms with Crippen molar-refractivity contribution in [2.75, 3.05) is 13.1 Å². The maximum atomic E-state index is 12.0. The van der Waals surface area contributed by atoms with E-state index in [2.05, 4.69) is 27.8 Å². The van der Waals surface area contributed by atoms with E-state index in [1.807, 2.05) is 49.5 Å². The molecule has 0 unspecified atom stereocenters. The van der Waals surface area contributed by atoms with Gasteiger partial charge in [0.15, 0.2) is 0 Å². The lowest BCUT2D eigenvalue weighted by molar-refractivity contribution is -0.120. The third-order valence-corrected chi connectivity index (χ3v) is 4.58. The number of carbonyl (C=O) groups excluding carboxylic acids is 1. The smallest absolute Gasteiger partial charge is 0.233 e. The first-order valence-corrected chi connectivity index (χ1v) is 8.82. The summed E-state index contributed by atoms with van der Waals surface area (Å²) < 4.78 is 0. The SMILES string of the molecule is C[C@H](NCC(=O)NCCc1c[nH]c2ccccc12)c1ccc(Cl)cc1. The van der Waals surface area contributed by atoms with Gasteiger partial charge in [0.05, 0.1) is 6.54 Å². The molecule has 1 atom stereocenters. The molecule has 0 aliphatic rings. The Bertz CT molecular complexity index is 842. The maximum absolute atomic E-state index is 12.0. The van der Waals surface area contributed by atoms with Gasteiger partial charge in [-0.15, -0.1) is 0 Å². The lowest BCUT2D eigenvalue weighted by Crippen LogP contribution is -2.36. The van der Waals surface area contributed by atoms with Crippen LogP contribution in [-0.2, 0) is 11.2 Å². The molecule has 0 spiro atoms. The zero-order valence-electron chi connectivity index (χ0n) is 14.2. The largest absolute Gasteiger partial charge is 0.361 e. The van der Waals surface area contributed by atoms with Crippen molar-refractivity contribution in [2.24, 2.45) is 0 Å². The Kier molecular flexibility index (Phi) is 5.74. The van der Waals surface area contributed by atoms with Gasteiger partial charge in [-0.1, -0.05) is 41.9 Å². The molecule has 4 nitrogen and oxygen atoms in total. The van der Waals surface area contributed by atoms with E-state index in [-0.39, 0.29) is 18.5 Å². The van der Waals surface area contributed by atoms with E-state index in [1.54, 1.807) is 0 Å². The summed E-state index contributed by atoms with van der Waals surface area (Å²) in [5, 5.41) is 8.12. The summed E-state index contributed by atoms with van der Waals surface area (Å²) in [6.07, 6.45) is 2.82. The molecule has 1 heterocycles. The number of halogens is 1. The lowest BCUT2D eigenvalue weighted by Gasteiger charge is -2.14. The number of rotatable bonds is 7. The Morgan fingerprint density at radius 2 is 1.92 bits per heavy atom. The van der Waals surface area contributed by atoms with Gasteiger partial charge < -0.3 is 15.6 Å². The van der Waals surface area contributed by atoms with Crippen LogP contribution in [0.3, 0.4) is 0 Å². The highest BCUT2D eigenvalue weighted by atomic mass is 35.5. The normalized spacial score (nSPS) is 12.2. The van der Waals surface area contributed by atoms with Crippen molar-refractivity contribution >= 4 is 28.4 Å². The van der Waals surface area contributed by atoms with Gasteiger partial charge in [0, 0.05) is 34.7 Å². The molecule has 0 aliphatic carbocycles. The molecular formula is C20H22ClN3O. The quantitative estimate of drug-likeness (QED) is 0.603. The molecule has 2 aromatic carbocycles. The Labute approximate surface area is 152 Å². The second-order valence-corrected chi connectivity index (χ2v) is 6.55. The highest BCUT2D eigenvalue weighted by molar-refractivity contribution is 6.30. The van der Waals surface area contributed by atoms with Crippen molar-refractivity contribution in [3.63, 3.8) is 0 Å². The number of aromatic nitrogens is 1. The third kappa shape index (κ3) is 4.62. The van der Waals surface area contributed by atoms with Crippen LogP contribution in [0.1, 0.15) is 24.1 Å². The Hall–Kier alpha value is -2.30. The molecular weight excluding hydrogens is 334 g/mol. The summed E-state index contributed by atoms with van der Waals surface area (Å²) in [6.45, 7) is 2.94. The summed E-state index contributed by atoms with van der Waals surface area (Å²) in [7, 11) is 0. The van der Waals surface area contributed by atoms with Gasteiger partial charge in [0.1, 0.15) is 0 Å². The van der Waals surface area contributed by atoms with E-state index in [1.165, 1.54) is 10.9 Å². The average Bonchev–Trinajstić information content (AvgIpc) is 3.04. The van der Waals surface area contributed by atoms with Gasteiger partial charge in [-0.25, -0.2) is 0 Å². The van der Waals surface area contributed by atoms with Crippen LogP contribution in [0, 0.1) is 0 Å². The number of H-pyrrole nitrogens is 1. The van der Waals surface area contributed by atoms with Gasteiger partial charge in [-0.2, -0.15) is 0 Å². The van der Waals surface area contributed by atoms with Gasteiger partial charge in [0.25, 0.3) is 0 Å². The first-order valence-electron chi connectivity index (χ1n) is 8.44. The molecule has 0 saturated carbocycles. The molecule has 3 rings (SSSR count). The lowest BCUT2D eigenvalue weighted by atomic mass is 10.1. The van der Waals surface area contributed by atoms with Gasteiger partial charge in [0.2, 0.25) is 5.91 Å². The summed E-state index contributed by atoms with van der Waals surface area (Å²) in [4.78, 5) is 15.3. The van der Waals surface area contributed by atoms with Crippen molar-refractivity contribution in [3.05, 3.63) is 70.9 Å². The molecule has 25 heavy (non-hydrogen) atoms. The van der Waals surface area contributed by atoms with Gasteiger partial charge in [-0.05, 0) is 42.7 Å². The zero-order chi connectivity index (χ0) is 17.6. The number of hydrogen-bond donors (Lipinski definition) is 3. The first-order chi connectivity index (χ1) is 12.1. The van der Waals surface area contributed by atoms with Crippen molar-refractivity contribution in [2.45, 2.75) is 19.4 Å². The first kappa shape index (κ1) is 17.5. The molecule has 130 valence electrons. The molecule has 3 N–H and O–H groups in total. The molecule has 0 aliphatic heterocycles. The fraction of sp³-hybridized carbons (Fsp3) is 0.250. The van der Waals surface area contributed by atoms with E-state index >= 15 is 0 Å². The molecule has 1 amide bonds. The highest BCUT2D eigenvalue weighted by Crippen LogP contribution is 2.18. The predicted molar refractivity (Wildman–Crippen MR) is 103 cm³/mol. The van der Waals surface area contributed by atoms with Crippen LogP contribution >= 0.6 is 11.6 Å². The van der Waals surface area contributed by atoms with Crippen LogP contribution in [-0.4, -0.2) is 24.0 Å². The average molecular weight is 356 g/mol. The minimum absolute atomic E-state index is 0.000606. The van der Waals surface area contributed by atoms with Crippen LogP contribution in [0.4, 0.5) is 0 Å². The second kappa shape index (κ2) is 8.19. The molecule has 0 bridgehead atoms. The van der Waals surface area contributed by atoms with E-state index in [0.29, 0.717) is 11.6 Å². The van der Waals surface area contributed by atoms with Crippen LogP contribution in [0.15, 0.2) is 54.7 Å². The van der Waals surface area contributed by atoms with Crippen LogP contribution in [0.5, 0.6) is 0 Å². The minimum Gasteiger partial charge on any atom is -0.361 e. The topological polar surface area (TPSA) is 56.9 Å². The van der Waals surface area contributed by atoms with Crippen LogP contribution in [0.25, 0.3) is 10.9 Å². The summed E-state index contributed by atoms with van der Waals surface area (Å²) >= 11 is 5.89. The molecule has 0 saturated heterocycles. The number of aromatic amines is 1. The molecule has 0 radical (unpaired) electrons. The van der Waals surface area contributed by atoms with Crippen LogP contribution < -0.4 is 10.6 Å². The zero-order valence-corrected chi connectivity index (χ0v) is 14.9. The fourth-order valence-corrected chi connectivity index (χ4v) is 2.98. The Morgan fingerprint density at radius 3 is 2.72 bits per heavy atom. The van der Waals surface area contributed by atoms with Gasteiger partial charge >= 0.3 is 0 Å². The van der Waals surface area contributed by atoms with Gasteiger partial charge in [-0.3, -0.25) is 4.79 Å². The number of nitrogens with one attached hydrogen (secondary N) is 3. The molecule has 0 fully saturated rings. The molecule has 3 aromatic rings. The monoisotopic (exact) mass is 355 g/mol. The number of fused-ring (bicyclic) bond motifs is 1. The fourth-order valence-electron chi connectivity index (χ4n) is 2.85. The number of hydrogen-bond acceptors (Lipinski definition) is 2. The highest BCUT2D eigenvalue weighted by Gasteiger charge is 2.08. The number of para-hydroxylation sites is 1. The Balaban J connectivity index is 1.43. The van der Waals surface area contributed by atoms with E-state index < -0.39 is 0 Å². The number of benzene rings is 2. The van der Waals surface area contributed by atoms with Crippen molar-refractivity contribution in [1.82, 2.24) is 15.6 Å². The molecule has 5 heteroatoms. The summed E-state index contributed by atoms with van der Waals surface area (Å²) in [5.41, 5.74) is 3.46. The standard InChI is InChI=1S/C20H22ClN3O/c1-14(15-6-8-17(21)9-7-15)23-13-20(25)22-11-10-16-12-24-19-5-3-2-4-18(16)19/h2-9,12,14,23-24H,10-11,13H2,1H3,(H,22,25)/t14-/m0/s1. The maximum Gasteiger partial charge on any atom is 0.233 e.